The Labute approximate surface area is 339 Å². The maximum Gasteiger partial charge on any atom is 0.328 e. The smallest absolute Gasteiger partial charge is 0.328 e. The topological polar surface area (TPSA) is 142 Å². The Morgan fingerprint density at radius 3 is 1.54 bits per heavy atom. The van der Waals surface area contributed by atoms with Gasteiger partial charge in [-0.25, -0.2) is 4.79 Å². The van der Waals surface area contributed by atoms with E-state index in [0.717, 1.165) is 77.0 Å². The maximum atomic E-state index is 12.6. The fourth-order valence-corrected chi connectivity index (χ4v) is 5.60. The fourth-order valence-electron chi connectivity index (χ4n) is 5.60. The van der Waals surface area contributed by atoms with Crippen LogP contribution in [0.15, 0.2) is 85.1 Å². The van der Waals surface area contributed by atoms with Crippen LogP contribution in [0, 0.1) is 0 Å². The van der Waals surface area contributed by atoms with Gasteiger partial charge in [0.05, 0.1) is 13.2 Å². The summed E-state index contributed by atoms with van der Waals surface area (Å²) in [7, 11) is 0. The predicted octanol–water partition coefficient (Wildman–Crippen LogP) is 10.5. The number of unbranched alkanes of at least 4 members (excludes halogenated alkanes) is 13. The molecule has 0 aromatic rings. The number of allylic oxidation sites excluding steroid dienone is 12. The number of ether oxygens (including phenoxy) is 1. The van der Waals surface area contributed by atoms with Crippen molar-refractivity contribution in [1.29, 1.82) is 0 Å². The van der Waals surface area contributed by atoms with E-state index >= 15 is 0 Å². The van der Waals surface area contributed by atoms with Gasteiger partial charge < -0.3 is 25.6 Å². The van der Waals surface area contributed by atoms with Gasteiger partial charge in [-0.3, -0.25) is 14.4 Å². The Morgan fingerprint density at radius 1 is 0.536 bits per heavy atom. The van der Waals surface area contributed by atoms with E-state index < -0.39 is 30.6 Å². The van der Waals surface area contributed by atoms with Gasteiger partial charge in [0.15, 0.2) is 0 Å². The average Bonchev–Trinajstić information content (AvgIpc) is 3.18. The van der Waals surface area contributed by atoms with Gasteiger partial charge >= 0.3 is 11.9 Å². The minimum absolute atomic E-state index is 0.173. The summed E-state index contributed by atoms with van der Waals surface area (Å²) in [5, 5.41) is 22.4. The van der Waals surface area contributed by atoms with Gasteiger partial charge in [0.2, 0.25) is 11.8 Å². The largest absolute Gasteiger partial charge is 0.480 e. The van der Waals surface area contributed by atoms with Crippen LogP contribution >= 0.6 is 0 Å². The van der Waals surface area contributed by atoms with E-state index in [-0.39, 0.29) is 24.8 Å². The minimum Gasteiger partial charge on any atom is -0.480 e. The van der Waals surface area contributed by atoms with Gasteiger partial charge in [-0.2, -0.15) is 0 Å². The molecule has 9 nitrogen and oxygen atoms in total. The van der Waals surface area contributed by atoms with Gasteiger partial charge in [-0.05, 0) is 89.2 Å². The number of aliphatic hydroxyl groups is 1. The summed E-state index contributed by atoms with van der Waals surface area (Å²) < 4.78 is 5.78. The zero-order chi connectivity index (χ0) is 41.2. The summed E-state index contributed by atoms with van der Waals surface area (Å²) >= 11 is 0. The number of carboxylic acids is 1. The van der Waals surface area contributed by atoms with Gasteiger partial charge in [-0.15, -0.1) is 0 Å². The molecule has 0 aliphatic carbocycles. The molecule has 0 fully saturated rings. The van der Waals surface area contributed by atoms with Crippen molar-refractivity contribution < 1.29 is 34.1 Å². The summed E-state index contributed by atoms with van der Waals surface area (Å²) in [6, 6.07) is -1.40. The Hall–Kier alpha value is -3.98. The van der Waals surface area contributed by atoms with Crippen molar-refractivity contribution in [3.05, 3.63) is 85.1 Å². The number of esters is 1. The second-order valence-corrected chi connectivity index (χ2v) is 14.0. The molecule has 0 heterocycles. The lowest BCUT2D eigenvalue weighted by Crippen LogP contribution is -2.47. The number of carbonyl (C=O) groups is 4. The molecule has 2 atom stereocenters. The third-order valence-corrected chi connectivity index (χ3v) is 8.85. The summed E-state index contributed by atoms with van der Waals surface area (Å²) in [6.45, 7) is 3.18. The average molecular weight is 781 g/mol. The number of hydrogen-bond acceptors (Lipinski definition) is 6. The van der Waals surface area contributed by atoms with Crippen LogP contribution in [-0.2, 0) is 23.9 Å². The number of carbonyl (C=O) groups excluding carboxylic acids is 3. The highest BCUT2D eigenvalue weighted by Gasteiger charge is 2.18. The highest BCUT2D eigenvalue weighted by atomic mass is 16.5. The first kappa shape index (κ1) is 52.0. The monoisotopic (exact) mass is 781 g/mol. The first-order chi connectivity index (χ1) is 27.3. The molecule has 4 N–H and O–H groups in total. The summed E-state index contributed by atoms with van der Waals surface area (Å²) in [5.74, 6) is -2.49. The van der Waals surface area contributed by atoms with Crippen LogP contribution in [0.1, 0.15) is 162 Å². The van der Waals surface area contributed by atoms with Crippen LogP contribution in [0.2, 0.25) is 0 Å². The van der Waals surface area contributed by atoms with Crippen LogP contribution in [0.4, 0.5) is 0 Å². The standard InChI is InChI=1S/C47H76N2O7/c1-3-5-7-9-10-11-12-13-14-15-16-17-18-19-20-21-22-23-24-25-26-31-35-39-46(53)56-42(36-32-28-8-6-4-2)37-33-29-27-30-34-38-44(51)48-40-45(52)49-43(41-50)47(54)55/h5-8,10-11,13-14,16-17,32-33,36-37,42-43,50H,3-4,9,12,15,18-31,34-35,38-41H2,1-2H3,(H,48,51)(H,49,52)(H,54,55)/b7-5-,8-6-,11-10-,14-13-,17-16-,36-32-,37-33-. The van der Waals surface area contributed by atoms with Crippen molar-refractivity contribution >= 4 is 23.8 Å². The molecule has 2 amide bonds. The molecule has 0 aromatic carbocycles. The van der Waals surface area contributed by atoms with E-state index in [0.29, 0.717) is 12.8 Å². The number of aliphatic carboxylic acids is 1. The van der Waals surface area contributed by atoms with Crippen LogP contribution in [0.25, 0.3) is 0 Å². The third kappa shape index (κ3) is 37.0. The number of amides is 2. The van der Waals surface area contributed by atoms with Crippen molar-refractivity contribution in [1.82, 2.24) is 10.6 Å². The molecule has 2 unspecified atom stereocenters. The molecule has 0 saturated carbocycles. The Morgan fingerprint density at radius 2 is 0.982 bits per heavy atom. The first-order valence-corrected chi connectivity index (χ1v) is 21.5. The van der Waals surface area contributed by atoms with Crippen LogP contribution in [0.3, 0.4) is 0 Å². The molecular formula is C47H76N2O7. The number of carboxylic acid groups (broad SMARTS) is 1. The summed E-state index contributed by atoms with van der Waals surface area (Å²) in [5.41, 5.74) is 0. The van der Waals surface area contributed by atoms with Crippen molar-refractivity contribution in [3.63, 3.8) is 0 Å². The van der Waals surface area contributed by atoms with E-state index in [1.54, 1.807) is 0 Å². The fraction of sp³-hybridized carbons (Fsp3) is 0.617. The Bertz CT molecular complexity index is 1210. The highest BCUT2D eigenvalue weighted by molar-refractivity contribution is 5.87. The molecule has 0 spiro atoms. The molecule has 56 heavy (non-hydrogen) atoms. The van der Waals surface area contributed by atoms with Crippen molar-refractivity contribution in [2.45, 2.75) is 174 Å². The minimum atomic E-state index is -1.40. The van der Waals surface area contributed by atoms with Gasteiger partial charge in [0.25, 0.3) is 0 Å². The highest BCUT2D eigenvalue weighted by Crippen LogP contribution is 2.13. The van der Waals surface area contributed by atoms with Crippen LogP contribution in [-0.4, -0.2) is 59.3 Å². The van der Waals surface area contributed by atoms with Crippen LogP contribution < -0.4 is 10.6 Å². The van der Waals surface area contributed by atoms with E-state index in [4.69, 9.17) is 14.9 Å². The Balaban J connectivity index is 4.08. The normalized spacial score (nSPS) is 13.3. The molecule has 0 aliphatic heterocycles. The molecule has 0 radical (unpaired) electrons. The summed E-state index contributed by atoms with van der Waals surface area (Å²) in [6.07, 6.45) is 52.6. The molecule has 0 saturated heterocycles. The number of nitrogens with one attached hydrogen (secondary N) is 2. The zero-order valence-electron chi connectivity index (χ0n) is 34.9. The van der Waals surface area contributed by atoms with E-state index in [1.165, 1.54) is 51.4 Å². The van der Waals surface area contributed by atoms with Gasteiger partial charge in [0, 0.05) is 12.8 Å². The second-order valence-electron chi connectivity index (χ2n) is 14.0. The van der Waals surface area contributed by atoms with Crippen molar-refractivity contribution in [3.8, 4) is 0 Å². The second kappa shape index (κ2) is 40.7. The number of aliphatic hydroxyl groups excluding tert-OH is 1. The summed E-state index contributed by atoms with van der Waals surface area (Å²) in [4.78, 5) is 47.3. The van der Waals surface area contributed by atoms with Gasteiger partial charge in [0.1, 0.15) is 12.1 Å². The quantitative estimate of drug-likeness (QED) is 0.0279. The lowest BCUT2D eigenvalue weighted by Gasteiger charge is -2.12. The Kier molecular flexibility index (Phi) is 37.8. The van der Waals surface area contributed by atoms with E-state index in [9.17, 15) is 19.2 Å². The molecule has 0 aliphatic rings. The van der Waals surface area contributed by atoms with Gasteiger partial charge in [-0.1, -0.05) is 145 Å². The number of hydrogen-bond donors (Lipinski definition) is 4. The van der Waals surface area contributed by atoms with E-state index in [2.05, 4.69) is 85.2 Å². The van der Waals surface area contributed by atoms with Crippen LogP contribution in [0.5, 0.6) is 0 Å². The maximum absolute atomic E-state index is 12.6. The lowest BCUT2D eigenvalue weighted by molar-refractivity contribution is -0.145. The third-order valence-electron chi connectivity index (χ3n) is 8.85. The molecular weight excluding hydrogens is 705 g/mol. The SMILES string of the molecule is CC/C=C\C/C=C\C/C=C\C/C=C\CCCCCCCCCCCCC(=O)OC(/C=C\C/C=C\CC)/C=C\CCCCCC(=O)NCC(=O)NC(CO)C(=O)O. The van der Waals surface area contributed by atoms with E-state index in [1.807, 2.05) is 24.3 Å². The number of rotatable bonds is 37. The lowest BCUT2D eigenvalue weighted by atomic mass is 10.0. The van der Waals surface area contributed by atoms with Crippen molar-refractivity contribution in [2.24, 2.45) is 0 Å². The molecule has 316 valence electrons. The molecule has 0 rings (SSSR count). The van der Waals surface area contributed by atoms with Crippen molar-refractivity contribution in [2.75, 3.05) is 13.2 Å². The predicted molar refractivity (Wildman–Crippen MR) is 231 cm³/mol. The first-order valence-electron chi connectivity index (χ1n) is 21.5. The molecule has 9 heteroatoms. The molecule has 0 bridgehead atoms. The zero-order valence-corrected chi connectivity index (χ0v) is 34.9. The molecule has 0 aromatic heterocycles.